The van der Waals surface area contributed by atoms with E-state index in [0.717, 1.165) is 10.6 Å². The highest BCUT2D eigenvalue weighted by molar-refractivity contribution is 8.00. The summed E-state index contributed by atoms with van der Waals surface area (Å²) in [4.78, 5) is 14.9. The molecule has 3 nitrogen and oxygen atoms in total. The Hall–Kier alpha value is -1.26. The van der Waals surface area contributed by atoms with E-state index in [1.807, 2.05) is 31.3 Å². The van der Waals surface area contributed by atoms with E-state index in [2.05, 4.69) is 11.5 Å². The number of carbonyl (C=O) groups excluding carboxylic acids is 1. The molecule has 0 amide bonds. The molecular formula is C12H14N2OS. The predicted molar refractivity (Wildman–Crippen MR) is 68.1 cm³/mol. The number of para-hydroxylation sites is 1. The number of carbonyl (C=O) groups is 1. The average molecular weight is 234 g/mol. The molecule has 1 aromatic rings. The largest absolute Gasteiger partial charge is 0.357 e. The van der Waals surface area contributed by atoms with Crippen molar-refractivity contribution in [1.29, 1.82) is 0 Å². The molecule has 0 spiro atoms. The number of nitrogens with two attached hydrogens (primary N) is 1. The van der Waals surface area contributed by atoms with Crippen LogP contribution in [0, 0.1) is 0 Å². The number of hydrogen-bond acceptors (Lipinski definition) is 4. The van der Waals surface area contributed by atoms with Gasteiger partial charge in [0.1, 0.15) is 0 Å². The van der Waals surface area contributed by atoms with Gasteiger partial charge in [0.15, 0.2) is 5.78 Å². The molecule has 16 heavy (non-hydrogen) atoms. The molecule has 0 saturated heterocycles. The molecule has 0 aliphatic carbocycles. The number of Topliss-reactive ketones (excluding diaryl/α,β-unsaturated/α-hetero) is 1. The Morgan fingerprint density at radius 1 is 1.69 bits per heavy atom. The van der Waals surface area contributed by atoms with Crippen LogP contribution in [0.4, 0.5) is 5.69 Å². The number of ketones is 1. The van der Waals surface area contributed by atoms with Crippen molar-refractivity contribution in [3.05, 3.63) is 36.4 Å². The second-order valence-corrected chi connectivity index (χ2v) is 4.79. The van der Waals surface area contributed by atoms with Gasteiger partial charge in [-0.3, -0.25) is 4.79 Å². The number of benzene rings is 1. The Morgan fingerprint density at radius 3 is 3.06 bits per heavy atom. The lowest BCUT2D eigenvalue weighted by molar-refractivity contribution is 0.100. The maximum absolute atomic E-state index is 11.7. The third kappa shape index (κ3) is 1.64. The first-order valence-corrected chi connectivity index (χ1v) is 5.95. The van der Waals surface area contributed by atoms with Gasteiger partial charge in [0.25, 0.3) is 0 Å². The molecule has 1 aliphatic heterocycles. The summed E-state index contributed by atoms with van der Waals surface area (Å²) in [6.07, 6.45) is 1.88. The molecule has 0 bridgehead atoms. The van der Waals surface area contributed by atoms with Crippen molar-refractivity contribution >= 4 is 23.2 Å². The molecule has 0 radical (unpaired) electrons. The second-order valence-electron chi connectivity index (χ2n) is 3.63. The van der Waals surface area contributed by atoms with Gasteiger partial charge in [-0.05, 0) is 12.1 Å². The molecule has 1 heterocycles. The Morgan fingerprint density at radius 2 is 2.44 bits per heavy atom. The second kappa shape index (κ2) is 4.31. The van der Waals surface area contributed by atoms with Gasteiger partial charge >= 0.3 is 0 Å². The molecule has 84 valence electrons. The van der Waals surface area contributed by atoms with Crippen molar-refractivity contribution in [3.63, 3.8) is 0 Å². The van der Waals surface area contributed by atoms with E-state index in [1.165, 1.54) is 0 Å². The molecule has 0 saturated carbocycles. The van der Waals surface area contributed by atoms with Crippen LogP contribution >= 0.6 is 11.8 Å². The minimum atomic E-state index is -0.0194. The van der Waals surface area contributed by atoms with Crippen LogP contribution in [0.5, 0.6) is 0 Å². The minimum Gasteiger partial charge on any atom is -0.357 e. The molecule has 2 N–H and O–H groups in total. The number of anilines is 1. The van der Waals surface area contributed by atoms with Crippen molar-refractivity contribution in [3.8, 4) is 0 Å². The van der Waals surface area contributed by atoms with Crippen molar-refractivity contribution in [2.24, 2.45) is 5.73 Å². The summed E-state index contributed by atoms with van der Waals surface area (Å²) in [5.41, 5.74) is 7.10. The Kier molecular flexibility index (Phi) is 3.03. The summed E-state index contributed by atoms with van der Waals surface area (Å²) in [6.45, 7) is 3.85. The normalized spacial score (nSPS) is 18.4. The molecule has 0 aromatic heterocycles. The SMILES string of the molecule is C=CC1Sc2cccc(C(=O)CN)c2N1C. The molecule has 1 unspecified atom stereocenters. The van der Waals surface area contributed by atoms with Gasteiger partial charge in [-0.1, -0.05) is 23.9 Å². The van der Waals surface area contributed by atoms with Gasteiger partial charge in [0, 0.05) is 17.5 Å². The van der Waals surface area contributed by atoms with Gasteiger partial charge in [-0.25, -0.2) is 0 Å². The summed E-state index contributed by atoms with van der Waals surface area (Å²) >= 11 is 1.70. The fraction of sp³-hybridized carbons (Fsp3) is 0.250. The average Bonchev–Trinajstić information content (AvgIpc) is 2.65. The highest BCUT2D eigenvalue weighted by Gasteiger charge is 2.28. The number of likely N-dealkylation sites (N-methyl/N-ethyl adjacent to an activating group) is 1. The molecule has 1 atom stereocenters. The van der Waals surface area contributed by atoms with Crippen molar-refractivity contribution in [1.82, 2.24) is 0 Å². The standard InChI is InChI=1S/C12H14N2OS/c1-3-11-14(2)12-8(9(15)7-13)5-4-6-10(12)16-11/h3-6,11H,1,7,13H2,2H3. The minimum absolute atomic E-state index is 0.0194. The number of thioether (sulfide) groups is 1. The fourth-order valence-corrected chi connectivity index (χ4v) is 3.00. The van der Waals surface area contributed by atoms with Crippen LogP contribution in [0.25, 0.3) is 0 Å². The van der Waals surface area contributed by atoms with Crippen LogP contribution in [0.2, 0.25) is 0 Å². The lowest BCUT2D eigenvalue weighted by atomic mass is 10.1. The quantitative estimate of drug-likeness (QED) is 0.641. The van der Waals surface area contributed by atoms with E-state index in [-0.39, 0.29) is 17.7 Å². The monoisotopic (exact) mass is 234 g/mol. The van der Waals surface area contributed by atoms with Crippen LogP contribution in [0.3, 0.4) is 0 Å². The van der Waals surface area contributed by atoms with E-state index >= 15 is 0 Å². The van der Waals surface area contributed by atoms with Gasteiger partial charge < -0.3 is 10.6 Å². The predicted octanol–water partition coefficient (Wildman–Crippen LogP) is 1.88. The first-order valence-electron chi connectivity index (χ1n) is 5.07. The molecule has 1 aromatic carbocycles. The molecular weight excluding hydrogens is 220 g/mol. The molecule has 0 fully saturated rings. The number of fused-ring (bicyclic) bond motifs is 1. The Balaban J connectivity index is 2.50. The van der Waals surface area contributed by atoms with E-state index in [9.17, 15) is 4.79 Å². The molecule has 2 rings (SSSR count). The zero-order chi connectivity index (χ0) is 11.7. The Bertz CT molecular complexity index is 445. The van der Waals surface area contributed by atoms with Gasteiger partial charge in [-0.2, -0.15) is 0 Å². The summed E-state index contributed by atoms with van der Waals surface area (Å²) in [7, 11) is 1.97. The highest BCUT2D eigenvalue weighted by atomic mass is 32.2. The summed E-state index contributed by atoms with van der Waals surface area (Å²) in [5, 5.41) is 0.196. The number of nitrogens with zero attached hydrogens (tertiary/aromatic N) is 1. The van der Waals surface area contributed by atoms with Crippen molar-refractivity contribution < 1.29 is 4.79 Å². The maximum Gasteiger partial charge on any atom is 0.178 e. The molecule has 1 aliphatic rings. The zero-order valence-corrected chi connectivity index (χ0v) is 9.96. The van der Waals surface area contributed by atoms with Crippen LogP contribution in [0.15, 0.2) is 35.7 Å². The number of hydrogen-bond donors (Lipinski definition) is 1. The smallest absolute Gasteiger partial charge is 0.178 e. The van der Waals surface area contributed by atoms with Crippen LogP contribution in [0.1, 0.15) is 10.4 Å². The maximum atomic E-state index is 11.7. The van der Waals surface area contributed by atoms with Gasteiger partial charge in [0.05, 0.1) is 17.6 Å². The highest BCUT2D eigenvalue weighted by Crippen LogP contribution is 2.44. The number of rotatable bonds is 3. The lowest BCUT2D eigenvalue weighted by Gasteiger charge is -2.19. The third-order valence-electron chi connectivity index (χ3n) is 2.67. The summed E-state index contributed by atoms with van der Waals surface area (Å²) in [5.74, 6) is -0.0194. The third-order valence-corrected chi connectivity index (χ3v) is 4.00. The van der Waals surface area contributed by atoms with E-state index in [4.69, 9.17) is 5.73 Å². The first kappa shape index (κ1) is 11.2. The summed E-state index contributed by atoms with van der Waals surface area (Å²) in [6, 6.07) is 5.75. The topological polar surface area (TPSA) is 46.3 Å². The first-order chi connectivity index (χ1) is 7.69. The van der Waals surface area contributed by atoms with E-state index < -0.39 is 0 Å². The van der Waals surface area contributed by atoms with Gasteiger partial charge in [0.2, 0.25) is 0 Å². The Labute approximate surface area is 99.3 Å². The fourth-order valence-electron chi connectivity index (χ4n) is 1.86. The van der Waals surface area contributed by atoms with Crippen LogP contribution < -0.4 is 10.6 Å². The zero-order valence-electron chi connectivity index (χ0n) is 9.14. The van der Waals surface area contributed by atoms with Crippen LogP contribution in [-0.4, -0.2) is 24.7 Å². The van der Waals surface area contributed by atoms with E-state index in [1.54, 1.807) is 11.8 Å². The van der Waals surface area contributed by atoms with Crippen LogP contribution in [-0.2, 0) is 0 Å². The lowest BCUT2D eigenvalue weighted by Crippen LogP contribution is -2.25. The van der Waals surface area contributed by atoms with Crippen molar-refractivity contribution in [2.75, 3.05) is 18.5 Å². The van der Waals surface area contributed by atoms with Crippen molar-refractivity contribution in [2.45, 2.75) is 10.3 Å². The van der Waals surface area contributed by atoms with E-state index in [0.29, 0.717) is 5.56 Å². The van der Waals surface area contributed by atoms with Gasteiger partial charge in [-0.15, -0.1) is 6.58 Å². The molecule has 4 heteroatoms. The summed E-state index contributed by atoms with van der Waals surface area (Å²) < 4.78 is 0.